The number of anilines is 1. The average Bonchev–Trinajstić information content (AvgIpc) is 2.34. The Kier molecular flexibility index (Phi) is 3.30. The third-order valence-corrected chi connectivity index (χ3v) is 2.54. The van der Waals surface area contributed by atoms with Gasteiger partial charge in [0.15, 0.2) is 0 Å². The van der Waals surface area contributed by atoms with Gasteiger partial charge in [-0.1, -0.05) is 41.9 Å². The van der Waals surface area contributed by atoms with Crippen LogP contribution in [0.15, 0.2) is 53.5 Å². The van der Waals surface area contributed by atoms with Crippen molar-refractivity contribution in [2.45, 2.75) is 0 Å². The Morgan fingerprint density at radius 3 is 2.41 bits per heavy atom. The van der Waals surface area contributed by atoms with Crippen LogP contribution in [0.25, 0.3) is 0 Å². The van der Waals surface area contributed by atoms with Gasteiger partial charge < -0.3 is 11.5 Å². The first kappa shape index (κ1) is 11.5. The molecular weight excluding hydrogens is 234 g/mol. The third kappa shape index (κ3) is 2.77. The summed E-state index contributed by atoms with van der Waals surface area (Å²) in [6, 6.07) is 14.6. The van der Waals surface area contributed by atoms with Crippen molar-refractivity contribution in [1.82, 2.24) is 0 Å². The van der Waals surface area contributed by atoms with E-state index in [0.717, 1.165) is 5.56 Å². The SMILES string of the molecule is NC(=Nc1ccc(Cl)cc1N)c1ccccc1. The number of halogens is 1. The smallest absolute Gasteiger partial charge is 0.131 e. The predicted molar refractivity (Wildman–Crippen MR) is 72.7 cm³/mol. The topological polar surface area (TPSA) is 64.4 Å². The lowest BCUT2D eigenvalue weighted by Crippen LogP contribution is -2.12. The van der Waals surface area contributed by atoms with E-state index in [-0.39, 0.29) is 0 Å². The Labute approximate surface area is 105 Å². The fourth-order valence-corrected chi connectivity index (χ4v) is 1.61. The standard InChI is InChI=1S/C13H12ClN3/c14-10-6-7-12(11(15)8-10)17-13(16)9-4-2-1-3-5-9/h1-8H,15H2,(H2,16,17). The van der Waals surface area contributed by atoms with Gasteiger partial charge >= 0.3 is 0 Å². The third-order valence-electron chi connectivity index (χ3n) is 2.30. The van der Waals surface area contributed by atoms with Gasteiger partial charge in [-0.15, -0.1) is 0 Å². The Morgan fingerprint density at radius 1 is 1.06 bits per heavy atom. The molecule has 0 radical (unpaired) electrons. The highest BCUT2D eigenvalue weighted by molar-refractivity contribution is 6.31. The maximum absolute atomic E-state index is 5.90. The first-order valence-electron chi connectivity index (χ1n) is 5.11. The average molecular weight is 246 g/mol. The quantitative estimate of drug-likeness (QED) is 0.485. The van der Waals surface area contributed by atoms with Crippen molar-refractivity contribution < 1.29 is 0 Å². The summed E-state index contributed by atoms with van der Waals surface area (Å²) in [4.78, 5) is 4.28. The summed E-state index contributed by atoms with van der Waals surface area (Å²) in [5, 5.41) is 0.583. The molecule has 0 bridgehead atoms. The van der Waals surface area contributed by atoms with Crippen molar-refractivity contribution >= 4 is 28.8 Å². The van der Waals surface area contributed by atoms with Crippen LogP contribution >= 0.6 is 11.6 Å². The Balaban J connectivity index is 2.36. The molecule has 4 N–H and O–H groups in total. The highest BCUT2D eigenvalue weighted by atomic mass is 35.5. The van der Waals surface area contributed by atoms with Gasteiger partial charge in [0.2, 0.25) is 0 Å². The Hall–Kier alpha value is -2.00. The van der Waals surface area contributed by atoms with Crippen molar-refractivity contribution in [2.75, 3.05) is 5.73 Å². The molecule has 0 saturated heterocycles. The number of aliphatic imine (C=N–C) groups is 1. The molecule has 0 atom stereocenters. The molecule has 17 heavy (non-hydrogen) atoms. The van der Waals surface area contributed by atoms with Gasteiger partial charge in [0.25, 0.3) is 0 Å². The number of nitrogens with two attached hydrogens (primary N) is 2. The van der Waals surface area contributed by atoms with E-state index in [2.05, 4.69) is 4.99 Å². The highest BCUT2D eigenvalue weighted by Gasteiger charge is 2.01. The maximum Gasteiger partial charge on any atom is 0.131 e. The molecule has 86 valence electrons. The van der Waals surface area contributed by atoms with Crippen LogP contribution in [0.4, 0.5) is 11.4 Å². The van der Waals surface area contributed by atoms with Gasteiger partial charge in [0.05, 0.1) is 11.4 Å². The van der Waals surface area contributed by atoms with Crippen molar-refractivity contribution in [3.05, 3.63) is 59.1 Å². The van der Waals surface area contributed by atoms with Gasteiger partial charge in [0, 0.05) is 10.6 Å². The van der Waals surface area contributed by atoms with E-state index in [1.165, 1.54) is 0 Å². The van der Waals surface area contributed by atoms with E-state index in [4.69, 9.17) is 23.1 Å². The molecule has 0 heterocycles. The number of nitrogens with zero attached hydrogens (tertiary/aromatic N) is 1. The molecule has 2 rings (SSSR count). The first-order valence-corrected chi connectivity index (χ1v) is 5.49. The molecule has 0 aliphatic rings. The summed E-state index contributed by atoms with van der Waals surface area (Å²) in [6.07, 6.45) is 0. The zero-order valence-electron chi connectivity index (χ0n) is 9.10. The number of amidine groups is 1. The molecule has 0 unspecified atom stereocenters. The van der Waals surface area contributed by atoms with Crippen LogP contribution in [0, 0.1) is 0 Å². The minimum atomic E-state index is 0.430. The predicted octanol–water partition coefficient (Wildman–Crippen LogP) is 2.96. The largest absolute Gasteiger partial charge is 0.397 e. The van der Waals surface area contributed by atoms with E-state index in [9.17, 15) is 0 Å². The van der Waals surface area contributed by atoms with Crippen molar-refractivity contribution in [1.29, 1.82) is 0 Å². The van der Waals surface area contributed by atoms with Gasteiger partial charge in [-0.3, -0.25) is 0 Å². The molecule has 2 aromatic carbocycles. The van der Waals surface area contributed by atoms with E-state index >= 15 is 0 Å². The second-order valence-corrected chi connectivity index (χ2v) is 4.00. The highest BCUT2D eigenvalue weighted by Crippen LogP contribution is 2.25. The van der Waals surface area contributed by atoms with Gasteiger partial charge in [-0.05, 0) is 18.2 Å². The van der Waals surface area contributed by atoms with E-state index < -0.39 is 0 Å². The second-order valence-electron chi connectivity index (χ2n) is 3.57. The van der Waals surface area contributed by atoms with Gasteiger partial charge in [0.1, 0.15) is 5.84 Å². The summed E-state index contributed by atoms with van der Waals surface area (Å²) in [5.41, 5.74) is 13.7. The monoisotopic (exact) mass is 245 g/mol. The molecule has 0 aliphatic carbocycles. The van der Waals surface area contributed by atoms with Crippen LogP contribution in [0.2, 0.25) is 5.02 Å². The Bertz CT molecular complexity index is 550. The van der Waals surface area contributed by atoms with Crippen molar-refractivity contribution in [2.24, 2.45) is 10.7 Å². The van der Waals surface area contributed by atoms with Crippen molar-refractivity contribution in [3.8, 4) is 0 Å². The molecule has 0 aliphatic heterocycles. The summed E-state index contributed by atoms with van der Waals surface area (Å²) in [7, 11) is 0. The summed E-state index contributed by atoms with van der Waals surface area (Å²) < 4.78 is 0. The summed E-state index contributed by atoms with van der Waals surface area (Å²) >= 11 is 5.81. The number of rotatable bonds is 2. The molecule has 0 aromatic heterocycles. The lowest BCUT2D eigenvalue weighted by molar-refractivity contribution is 1.45. The normalized spacial score (nSPS) is 11.5. The first-order chi connectivity index (χ1) is 8.16. The fourth-order valence-electron chi connectivity index (χ4n) is 1.43. The number of nitrogen functional groups attached to an aromatic ring is 1. The maximum atomic E-state index is 5.90. The zero-order valence-corrected chi connectivity index (χ0v) is 9.85. The summed E-state index contributed by atoms with van der Waals surface area (Å²) in [5.74, 6) is 0.430. The van der Waals surface area contributed by atoms with Crippen LogP contribution in [-0.4, -0.2) is 5.84 Å². The molecule has 4 heteroatoms. The molecule has 2 aromatic rings. The van der Waals surface area contributed by atoms with Crippen molar-refractivity contribution in [3.63, 3.8) is 0 Å². The second kappa shape index (κ2) is 4.89. The van der Waals surface area contributed by atoms with Crippen LogP contribution in [-0.2, 0) is 0 Å². The molecule has 0 fully saturated rings. The number of benzene rings is 2. The van der Waals surface area contributed by atoms with Crippen LogP contribution in [0.5, 0.6) is 0 Å². The Morgan fingerprint density at radius 2 is 1.76 bits per heavy atom. The van der Waals surface area contributed by atoms with E-state index in [1.54, 1.807) is 18.2 Å². The van der Waals surface area contributed by atoms with Gasteiger partial charge in [-0.2, -0.15) is 0 Å². The lowest BCUT2D eigenvalue weighted by Gasteiger charge is -2.03. The minimum Gasteiger partial charge on any atom is -0.397 e. The molecule has 3 nitrogen and oxygen atoms in total. The molecule has 0 spiro atoms. The van der Waals surface area contributed by atoms with Crippen LogP contribution in [0.1, 0.15) is 5.56 Å². The molecular formula is C13H12ClN3. The fraction of sp³-hybridized carbons (Fsp3) is 0. The van der Waals surface area contributed by atoms with E-state index in [0.29, 0.717) is 22.2 Å². The van der Waals surface area contributed by atoms with Crippen LogP contribution in [0.3, 0.4) is 0 Å². The minimum absolute atomic E-state index is 0.430. The van der Waals surface area contributed by atoms with Gasteiger partial charge in [-0.25, -0.2) is 4.99 Å². The number of hydrogen-bond donors (Lipinski definition) is 2. The van der Waals surface area contributed by atoms with Crippen LogP contribution < -0.4 is 11.5 Å². The molecule has 0 saturated carbocycles. The van der Waals surface area contributed by atoms with E-state index in [1.807, 2.05) is 30.3 Å². The zero-order chi connectivity index (χ0) is 12.3. The summed E-state index contributed by atoms with van der Waals surface area (Å²) in [6.45, 7) is 0. The lowest BCUT2D eigenvalue weighted by atomic mass is 10.2. The molecule has 0 amide bonds. The number of hydrogen-bond acceptors (Lipinski definition) is 2.